The van der Waals surface area contributed by atoms with Gasteiger partial charge in [0.05, 0.1) is 5.56 Å². The van der Waals surface area contributed by atoms with Crippen molar-refractivity contribution in [3.05, 3.63) is 35.9 Å². The van der Waals surface area contributed by atoms with Crippen molar-refractivity contribution in [2.45, 2.75) is 0 Å². The zero-order valence-electron chi connectivity index (χ0n) is 7.82. The van der Waals surface area contributed by atoms with E-state index in [0.29, 0.717) is 17.1 Å². The van der Waals surface area contributed by atoms with Gasteiger partial charge >= 0.3 is 0 Å². The standard InChI is InChI=1S/C12H7O3/c13-6-9-5-8-3-1-2-4-10(8)12-11(9)14-7-15-12/h1-5H,7H2. The lowest BCUT2D eigenvalue weighted by atomic mass is 10.1. The average Bonchev–Trinajstić information content (AvgIpc) is 2.77. The molecule has 0 N–H and O–H groups in total. The van der Waals surface area contributed by atoms with Gasteiger partial charge in [-0.1, -0.05) is 24.3 Å². The van der Waals surface area contributed by atoms with E-state index in [1.165, 1.54) is 0 Å². The molecule has 0 saturated carbocycles. The maximum Gasteiger partial charge on any atom is 0.237 e. The number of ether oxygens (including phenoxy) is 2. The third-order valence-electron chi connectivity index (χ3n) is 2.47. The summed E-state index contributed by atoms with van der Waals surface area (Å²) in [4.78, 5) is 10.7. The Hall–Kier alpha value is -2.03. The van der Waals surface area contributed by atoms with Gasteiger partial charge in [0.2, 0.25) is 13.1 Å². The van der Waals surface area contributed by atoms with Crippen LogP contribution >= 0.6 is 0 Å². The average molecular weight is 199 g/mol. The zero-order chi connectivity index (χ0) is 10.3. The fourth-order valence-corrected chi connectivity index (χ4v) is 1.81. The molecule has 3 nitrogen and oxygen atoms in total. The molecule has 1 aliphatic heterocycles. The van der Waals surface area contributed by atoms with Crippen molar-refractivity contribution in [1.82, 2.24) is 0 Å². The molecule has 3 rings (SSSR count). The smallest absolute Gasteiger partial charge is 0.237 e. The molecule has 1 aliphatic rings. The second-order valence-corrected chi connectivity index (χ2v) is 3.31. The van der Waals surface area contributed by atoms with Crippen LogP contribution in [0.4, 0.5) is 0 Å². The Kier molecular flexibility index (Phi) is 1.65. The maximum atomic E-state index is 10.7. The van der Waals surface area contributed by atoms with E-state index in [1.807, 2.05) is 30.6 Å². The number of fused-ring (bicyclic) bond motifs is 3. The van der Waals surface area contributed by atoms with Gasteiger partial charge in [0, 0.05) is 5.39 Å². The van der Waals surface area contributed by atoms with Crippen molar-refractivity contribution >= 4 is 17.1 Å². The molecule has 0 aliphatic carbocycles. The molecule has 1 radical (unpaired) electrons. The van der Waals surface area contributed by atoms with Crippen molar-refractivity contribution in [3.8, 4) is 11.5 Å². The minimum absolute atomic E-state index is 0.165. The van der Waals surface area contributed by atoms with E-state index in [2.05, 4.69) is 0 Å². The molecule has 0 fully saturated rings. The second kappa shape index (κ2) is 2.98. The number of rotatable bonds is 1. The van der Waals surface area contributed by atoms with Crippen molar-refractivity contribution in [2.24, 2.45) is 0 Å². The molecule has 0 aromatic heterocycles. The van der Waals surface area contributed by atoms with E-state index in [1.54, 1.807) is 6.07 Å². The fraction of sp³-hybridized carbons (Fsp3) is 0.0833. The van der Waals surface area contributed by atoms with Crippen LogP contribution in [-0.2, 0) is 4.79 Å². The first-order valence-corrected chi connectivity index (χ1v) is 4.59. The van der Waals surface area contributed by atoms with E-state index >= 15 is 0 Å². The van der Waals surface area contributed by atoms with E-state index in [0.717, 1.165) is 10.8 Å². The van der Waals surface area contributed by atoms with E-state index in [-0.39, 0.29) is 6.79 Å². The quantitative estimate of drug-likeness (QED) is 0.704. The van der Waals surface area contributed by atoms with E-state index < -0.39 is 0 Å². The molecule has 73 valence electrons. The third-order valence-corrected chi connectivity index (χ3v) is 2.47. The normalized spacial score (nSPS) is 13.1. The van der Waals surface area contributed by atoms with Gasteiger partial charge in [-0.3, -0.25) is 4.79 Å². The van der Waals surface area contributed by atoms with Crippen LogP contribution in [0.2, 0.25) is 0 Å². The molecule has 0 amide bonds. The summed E-state index contributed by atoms with van der Waals surface area (Å²) >= 11 is 0. The Morgan fingerprint density at radius 1 is 1.13 bits per heavy atom. The summed E-state index contributed by atoms with van der Waals surface area (Å²) in [5.74, 6) is 1.15. The minimum atomic E-state index is 0.165. The monoisotopic (exact) mass is 199 g/mol. The topological polar surface area (TPSA) is 35.5 Å². The van der Waals surface area contributed by atoms with Gasteiger partial charge in [-0.05, 0) is 11.5 Å². The van der Waals surface area contributed by atoms with Gasteiger partial charge in [-0.15, -0.1) is 0 Å². The third kappa shape index (κ3) is 1.09. The molecule has 0 atom stereocenters. The van der Waals surface area contributed by atoms with Crippen molar-refractivity contribution < 1.29 is 14.3 Å². The Bertz CT molecular complexity index is 546. The van der Waals surface area contributed by atoms with Crippen LogP contribution in [0.25, 0.3) is 10.8 Å². The van der Waals surface area contributed by atoms with Crippen LogP contribution < -0.4 is 9.47 Å². The predicted octanol–water partition coefficient (Wildman–Crippen LogP) is 2.03. The maximum absolute atomic E-state index is 10.7. The highest BCUT2D eigenvalue weighted by Gasteiger charge is 2.21. The highest BCUT2D eigenvalue weighted by molar-refractivity contribution is 5.98. The SMILES string of the molecule is O=[C]c1cc2ccccc2c2c1OCO2. The first-order valence-electron chi connectivity index (χ1n) is 4.59. The summed E-state index contributed by atoms with van der Waals surface area (Å²) in [6.07, 6.45) is 1.86. The van der Waals surface area contributed by atoms with Crippen LogP contribution in [0.3, 0.4) is 0 Å². The van der Waals surface area contributed by atoms with Crippen LogP contribution in [0, 0.1) is 0 Å². The molecule has 15 heavy (non-hydrogen) atoms. The Balaban J connectivity index is 2.45. The van der Waals surface area contributed by atoms with Crippen molar-refractivity contribution in [1.29, 1.82) is 0 Å². The predicted molar refractivity (Wildman–Crippen MR) is 54.9 cm³/mol. The first-order chi connectivity index (χ1) is 7.40. The van der Waals surface area contributed by atoms with Gasteiger partial charge in [-0.2, -0.15) is 0 Å². The Morgan fingerprint density at radius 2 is 1.93 bits per heavy atom. The summed E-state index contributed by atoms with van der Waals surface area (Å²) in [5, 5.41) is 1.92. The molecular weight excluding hydrogens is 192 g/mol. The summed E-state index contributed by atoms with van der Waals surface area (Å²) in [6, 6.07) is 9.47. The summed E-state index contributed by atoms with van der Waals surface area (Å²) < 4.78 is 10.6. The zero-order valence-corrected chi connectivity index (χ0v) is 7.82. The molecule has 1 heterocycles. The summed E-state index contributed by atoms with van der Waals surface area (Å²) in [6.45, 7) is 0.165. The van der Waals surface area contributed by atoms with Crippen LogP contribution in [0.5, 0.6) is 11.5 Å². The van der Waals surface area contributed by atoms with Gasteiger partial charge in [0.25, 0.3) is 0 Å². The van der Waals surface area contributed by atoms with Gasteiger partial charge in [-0.25, -0.2) is 0 Å². The number of benzene rings is 2. The Labute approximate surface area is 86.2 Å². The van der Waals surface area contributed by atoms with Crippen LogP contribution in [-0.4, -0.2) is 13.1 Å². The second-order valence-electron chi connectivity index (χ2n) is 3.31. The Morgan fingerprint density at radius 3 is 2.80 bits per heavy atom. The van der Waals surface area contributed by atoms with E-state index in [9.17, 15) is 4.79 Å². The highest BCUT2D eigenvalue weighted by atomic mass is 16.7. The number of hydrogen-bond donors (Lipinski definition) is 0. The van der Waals surface area contributed by atoms with Gasteiger partial charge in [0.1, 0.15) is 0 Å². The van der Waals surface area contributed by atoms with Crippen molar-refractivity contribution in [3.63, 3.8) is 0 Å². The van der Waals surface area contributed by atoms with Gasteiger partial charge in [0.15, 0.2) is 11.5 Å². The fourth-order valence-electron chi connectivity index (χ4n) is 1.81. The van der Waals surface area contributed by atoms with Crippen LogP contribution in [0.1, 0.15) is 5.56 Å². The summed E-state index contributed by atoms with van der Waals surface area (Å²) in [5.41, 5.74) is 0.418. The number of hydrogen-bond acceptors (Lipinski definition) is 3. The molecule has 0 spiro atoms. The lowest BCUT2D eigenvalue weighted by molar-refractivity contribution is 0.174. The summed E-state index contributed by atoms with van der Waals surface area (Å²) in [7, 11) is 0. The molecule has 0 saturated heterocycles. The lowest BCUT2D eigenvalue weighted by Crippen LogP contribution is -1.94. The number of carbonyl (C=O) groups excluding carboxylic acids is 1. The molecule has 2 aromatic rings. The molecule has 3 heteroatoms. The molecule has 0 bridgehead atoms. The van der Waals surface area contributed by atoms with Crippen molar-refractivity contribution in [2.75, 3.05) is 6.79 Å². The molecular formula is C12H7O3. The largest absolute Gasteiger partial charge is 0.453 e. The minimum Gasteiger partial charge on any atom is -0.453 e. The van der Waals surface area contributed by atoms with Gasteiger partial charge < -0.3 is 9.47 Å². The van der Waals surface area contributed by atoms with Crippen LogP contribution in [0.15, 0.2) is 30.3 Å². The highest BCUT2D eigenvalue weighted by Crippen LogP contribution is 2.41. The lowest BCUT2D eigenvalue weighted by Gasteiger charge is -2.03. The molecule has 0 unspecified atom stereocenters. The van der Waals surface area contributed by atoms with E-state index in [4.69, 9.17) is 9.47 Å². The molecule has 2 aromatic carbocycles. The first kappa shape index (κ1) is 8.29.